The van der Waals surface area contributed by atoms with Crippen molar-refractivity contribution < 1.29 is 13.2 Å². The van der Waals surface area contributed by atoms with Gasteiger partial charge in [0.25, 0.3) is 0 Å². The van der Waals surface area contributed by atoms with Crippen molar-refractivity contribution in [3.63, 3.8) is 0 Å². The molecule has 0 aliphatic rings. The van der Waals surface area contributed by atoms with E-state index in [0.717, 1.165) is 28.7 Å². The molecule has 2 aromatic rings. The largest absolute Gasteiger partial charge is 0.497 e. The first-order valence-corrected chi connectivity index (χ1v) is 9.02. The second kappa shape index (κ2) is 8.03. The van der Waals surface area contributed by atoms with E-state index in [1.807, 2.05) is 36.4 Å². The van der Waals surface area contributed by atoms with Crippen molar-refractivity contribution in [3.8, 4) is 5.75 Å². The van der Waals surface area contributed by atoms with E-state index in [9.17, 15) is 8.42 Å². The molecular formula is C17H23N3O3S. The van der Waals surface area contributed by atoms with Crippen LogP contribution in [-0.4, -0.2) is 40.5 Å². The van der Waals surface area contributed by atoms with E-state index in [1.165, 1.54) is 19.7 Å². The zero-order chi connectivity index (χ0) is 17.6. The van der Waals surface area contributed by atoms with Crippen molar-refractivity contribution in [2.45, 2.75) is 6.42 Å². The van der Waals surface area contributed by atoms with E-state index in [2.05, 4.69) is 10.0 Å². The first kappa shape index (κ1) is 18.1. The normalized spacial score (nSPS) is 11.3. The molecule has 0 amide bonds. The molecule has 2 N–H and O–H groups in total. The van der Waals surface area contributed by atoms with Crippen LogP contribution < -0.4 is 14.8 Å². The maximum Gasteiger partial charge on any atom is 0.301 e. The Hall–Kier alpha value is -2.25. The quantitative estimate of drug-likeness (QED) is 0.768. The van der Waals surface area contributed by atoms with Crippen LogP contribution in [0.25, 0.3) is 0 Å². The number of hydrogen-bond acceptors (Lipinski definition) is 4. The van der Waals surface area contributed by atoms with Gasteiger partial charge in [-0.3, -0.25) is 4.72 Å². The number of anilines is 2. The third kappa shape index (κ3) is 5.14. The van der Waals surface area contributed by atoms with E-state index in [1.54, 1.807) is 19.2 Å². The van der Waals surface area contributed by atoms with Crippen molar-refractivity contribution >= 4 is 21.6 Å². The lowest BCUT2D eigenvalue weighted by Crippen LogP contribution is -2.28. The predicted molar refractivity (Wildman–Crippen MR) is 97.9 cm³/mol. The highest BCUT2D eigenvalue weighted by Crippen LogP contribution is 2.16. The van der Waals surface area contributed by atoms with E-state index < -0.39 is 10.2 Å². The minimum Gasteiger partial charge on any atom is -0.497 e. The van der Waals surface area contributed by atoms with Gasteiger partial charge in [0.2, 0.25) is 0 Å². The SMILES string of the molecule is COc1ccc(CCNc2ccc(NS(=O)(=O)N(C)C)cc2)cc1. The van der Waals surface area contributed by atoms with E-state index in [0.29, 0.717) is 5.69 Å². The number of hydrogen-bond donors (Lipinski definition) is 2. The lowest BCUT2D eigenvalue weighted by Gasteiger charge is -2.14. The van der Waals surface area contributed by atoms with Gasteiger partial charge in [-0.15, -0.1) is 0 Å². The highest BCUT2D eigenvalue weighted by atomic mass is 32.2. The molecule has 24 heavy (non-hydrogen) atoms. The average Bonchev–Trinajstić information content (AvgIpc) is 2.56. The van der Waals surface area contributed by atoms with Gasteiger partial charge in [0.1, 0.15) is 5.75 Å². The van der Waals surface area contributed by atoms with Gasteiger partial charge in [-0.2, -0.15) is 12.7 Å². The Bertz CT molecular complexity index is 742. The molecule has 0 heterocycles. The van der Waals surface area contributed by atoms with Crippen LogP contribution in [0.4, 0.5) is 11.4 Å². The molecular weight excluding hydrogens is 326 g/mol. The van der Waals surface area contributed by atoms with E-state index in [4.69, 9.17) is 4.74 Å². The number of nitrogens with one attached hydrogen (secondary N) is 2. The summed E-state index contributed by atoms with van der Waals surface area (Å²) in [6.45, 7) is 0.787. The molecule has 130 valence electrons. The predicted octanol–water partition coefficient (Wildman–Crippen LogP) is 2.57. The Morgan fingerprint density at radius 1 is 0.958 bits per heavy atom. The molecule has 0 fully saturated rings. The number of nitrogens with zero attached hydrogens (tertiary/aromatic N) is 1. The number of ether oxygens (including phenoxy) is 1. The van der Waals surface area contributed by atoms with Crippen molar-refractivity contribution in [1.29, 1.82) is 0 Å². The summed E-state index contributed by atoms with van der Waals surface area (Å²) >= 11 is 0. The first-order chi connectivity index (χ1) is 11.4. The minimum absolute atomic E-state index is 0.532. The van der Waals surface area contributed by atoms with Gasteiger partial charge < -0.3 is 10.1 Å². The third-order valence-corrected chi connectivity index (χ3v) is 4.97. The molecule has 0 aliphatic heterocycles. The van der Waals surface area contributed by atoms with Gasteiger partial charge in [0, 0.05) is 32.0 Å². The highest BCUT2D eigenvalue weighted by Gasteiger charge is 2.12. The van der Waals surface area contributed by atoms with E-state index in [-0.39, 0.29) is 0 Å². The summed E-state index contributed by atoms with van der Waals surface area (Å²) in [7, 11) is 1.15. The standard InChI is InChI=1S/C17H23N3O3S/c1-20(2)24(21,22)19-16-8-6-15(7-9-16)18-13-12-14-4-10-17(23-3)11-5-14/h4-11,18-19H,12-13H2,1-3H3. The molecule has 0 aliphatic carbocycles. The molecule has 0 radical (unpaired) electrons. The number of methoxy groups -OCH3 is 1. The summed E-state index contributed by atoms with van der Waals surface area (Å²) < 4.78 is 32.3. The lowest BCUT2D eigenvalue weighted by molar-refractivity contribution is 0.414. The summed E-state index contributed by atoms with van der Waals surface area (Å²) in [6, 6.07) is 15.1. The molecule has 0 saturated heterocycles. The van der Waals surface area contributed by atoms with Gasteiger partial charge in [-0.05, 0) is 48.4 Å². The molecule has 0 saturated carbocycles. The molecule has 0 aromatic heterocycles. The van der Waals surface area contributed by atoms with Crippen LogP contribution in [0.5, 0.6) is 5.75 Å². The van der Waals surface area contributed by atoms with Gasteiger partial charge >= 0.3 is 10.2 Å². The Balaban J connectivity index is 1.85. The van der Waals surface area contributed by atoms with Crippen molar-refractivity contribution in [2.24, 2.45) is 0 Å². The maximum absolute atomic E-state index is 11.7. The number of benzene rings is 2. The summed E-state index contributed by atoms with van der Waals surface area (Å²) in [4.78, 5) is 0. The maximum atomic E-state index is 11.7. The third-order valence-electron chi connectivity index (χ3n) is 3.51. The second-order valence-electron chi connectivity index (χ2n) is 5.49. The first-order valence-electron chi connectivity index (χ1n) is 7.58. The fourth-order valence-electron chi connectivity index (χ4n) is 2.04. The van der Waals surface area contributed by atoms with Crippen LogP contribution in [-0.2, 0) is 16.6 Å². The van der Waals surface area contributed by atoms with Gasteiger partial charge in [-0.25, -0.2) is 0 Å². The van der Waals surface area contributed by atoms with Crippen LogP contribution in [0.1, 0.15) is 5.56 Å². The topological polar surface area (TPSA) is 70.7 Å². The van der Waals surface area contributed by atoms with Crippen molar-refractivity contribution in [3.05, 3.63) is 54.1 Å². The second-order valence-corrected chi connectivity index (χ2v) is 7.38. The summed E-state index contributed by atoms with van der Waals surface area (Å²) in [5.41, 5.74) is 2.69. The smallest absolute Gasteiger partial charge is 0.301 e. The summed E-state index contributed by atoms with van der Waals surface area (Å²) in [5.74, 6) is 0.850. The van der Waals surface area contributed by atoms with Crippen molar-refractivity contribution in [2.75, 3.05) is 37.8 Å². The Labute approximate surface area is 143 Å². The average molecular weight is 349 g/mol. The van der Waals surface area contributed by atoms with E-state index >= 15 is 0 Å². The van der Waals surface area contributed by atoms with Crippen LogP contribution in [0, 0.1) is 0 Å². The molecule has 7 heteroatoms. The molecule has 2 aromatic carbocycles. The summed E-state index contributed by atoms with van der Waals surface area (Å²) in [5, 5.41) is 3.32. The molecule has 0 bridgehead atoms. The molecule has 0 unspecified atom stereocenters. The van der Waals surface area contributed by atoms with Crippen LogP contribution in [0.3, 0.4) is 0 Å². The molecule has 0 atom stereocenters. The molecule has 2 rings (SSSR count). The monoisotopic (exact) mass is 349 g/mol. The fourth-order valence-corrected chi connectivity index (χ4v) is 2.66. The number of rotatable bonds is 8. The summed E-state index contributed by atoms with van der Waals surface area (Å²) in [6.07, 6.45) is 0.888. The van der Waals surface area contributed by atoms with Crippen LogP contribution in [0.2, 0.25) is 0 Å². The molecule has 6 nitrogen and oxygen atoms in total. The minimum atomic E-state index is -3.47. The molecule has 0 spiro atoms. The Morgan fingerprint density at radius 2 is 1.54 bits per heavy atom. The van der Waals surface area contributed by atoms with Gasteiger partial charge in [0.15, 0.2) is 0 Å². The van der Waals surface area contributed by atoms with Crippen LogP contribution in [0.15, 0.2) is 48.5 Å². The zero-order valence-corrected chi connectivity index (χ0v) is 14.9. The van der Waals surface area contributed by atoms with Crippen LogP contribution >= 0.6 is 0 Å². The lowest BCUT2D eigenvalue weighted by atomic mass is 10.1. The Morgan fingerprint density at radius 3 is 2.08 bits per heavy atom. The van der Waals surface area contributed by atoms with Gasteiger partial charge in [0.05, 0.1) is 7.11 Å². The Kier molecular flexibility index (Phi) is 6.05. The highest BCUT2D eigenvalue weighted by molar-refractivity contribution is 7.90. The van der Waals surface area contributed by atoms with Crippen molar-refractivity contribution in [1.82, 2.24) is 4.31 Å². The zero-order valence-electron chi connectivity index (χ0n) is 14.1. The fraction of sp³-hybridized carbons (Fsp3) is 0.294. The van der Waals surface area contributed by atoms with Gasteiger partial charge in [-0.1, -0.05) is 12.1 Å².